The Kier molecular flexibility index (Phi) is 5.77. The molecule has 3 aliphatic rings. The van der Waals surface area contributed by atoms with Gasteiger partial charge in [-0.05, 0) is 57.3 Å². The van der Waals surface area contributed by atoms with E-state index in [9.17, 15) is 5.11 Å². The van der Waals surface area contributed by atoms with Gasteiger partial charge in [-0.3, -0.25) is 4.90 Å². The summed E-state index contributed by atoms with van der Waals surface area (Å²) in [5.74, 6) is 2.90. The topological polar surface area (TPSA) is 41.9 Å². The average Bonchev–Trinajstić information content (AvgIpc) is 3.05. The molecule has 22 heavy (non-hydrogen) atoms. The summed E-state index contributed by atoms with van der Waals surface area (Å²) in [4.78, 5) is 2.29. The number of fused-ring (bicyclic) bond motifs is 2. The van der Waals surface area contributed by atoms with E-state index < -0.39 is 0 Å². The number of nitrogens with zero attached hydrogens (tertiary/aromatic N) is 1. The summed E-state index contributed by atoms with van der Waals surface area (Å²) >= 11 is 0. The number of morpholine rings is 1. The molecule has 2 aliphatic carbocycles. The van der Waals surface area contributed by atoms with E-state index in [0.29, 0.717) is 13.2 Å². The summed E-state index contributed by atoms with van der Waals surface area (Å²) in [6.07, 6.45) is 7.16. The Labute approximate surface area is 135 Å². The predicted molar refractivity (Wildman–Crippen MR) is 86.8 cm³/mol. The molecule has 6 atom stereocenters. The summed E-state index contributed by atoms with van der Waals surface area (Å²) in [6, 6.07) is 0. The average molecular weight is 311 g/mol. The second-order valence-corrected chi connectivity index (χ2v) is 7.93. The Morgan fingerprint density at radius 2 is 1.95 bits per heavy atom. The minimum absolute atomic E-state index is 0.259. The fourth-order valence-electron chi connectivity index (χ4n) is 4.97. The molecule has 0 amide bonds. The molecule has 1 N–H and O–H groups in total. The maximum absolute atomic E-state index is 10.2. The van der Waals surface area contributed by atoms with Crippen molar-refractivity contribution in [1.82, 2.24) is 4.90 Å². The second kappa shape index (κ2) is 7.61. The van der Waals surface area contributed by atoms with Crippen LogP contribution in [0.5, 0.6) is 0 Å². The van der Waals surface area contributed by atoms with E-state index in [-0.39, 0.29) is 18.3 Å². The van der Waals surface area contributed by atoms with Gasteiger partial charge < -0.3 is 14.6 Å². The Morgan fingerprint density at radius 1 is 1.18 bits per heavy atom. The van der Waals surface area contributed by atoms with Crippen LogP contribution in [0.4, 0.5) is 0 Å². The van der Waals surface area contributed by atoms with Crippen LogP contribution in [0.25, 0.3) is 0 Å². The Hall–Kier alpha value is -0.160. The van der Waals surface area contributed by atoms with E-state index in [1.54, 1.807) is 0 Å². The van der Waals surface area contributed by atoms with E-state index in [1.807, 2.05) is 0 Å². The van der Waals surface area contributed by atoms with Gasteiger partial charge in [-0.1, -0.05) is 6.42 Å². The molecule has 0 aromatic rings. The molecule has 1 heterocycles. The van der Waals surface area contributed by atoms with Crippen LogP contribution in [0.15, 0.2) is 0 Å². The fourth-order valence-corrected chi connectivity index (χ4v) is 4.97. The van der Waals surface area contributed by atoms with Crippen molar-refractivity contribution >= 4 is 0 Å². The van der Waals surface area contributed by atoms with Crippen LogP contribution in [0.2, 0.25) is 0 Å². The van der Waals surface area contributed by atoms with Gasteiger partial charge in [0.25, 0.3) is 0 Å². The highest BCUT2D eigenvalue weighted by Gasteiger charge is 2.38. The van der Waals surface area contributed by atoms with Gasteiger partial charge in [0, 0.05) is 26.2 Å². The zero-order valence-corrected chi connectivity index (χ0v) is 14.2. The molecule has 2 saturated carbocycles. The summed E-state index contributed by atoms with van der Waals surface area (Å²) < 4.78 is 11.5. The molecule has 1 saturated heterocycles. The van der Waals surface area contributed by atoms with Crippen molar-refractivity contribution in [2.45, 2.75) is 64.3 Å². The minimum atomic E-state index is -0.377. The lowest BCUT2D eigenvalue weighted by molar-refractivity contribution is -0.0823. The number of hydrogen-bond donors (Lipinski definition) is 1. The van der Waals surface area contributed by atoms with Crippen LogP contribution in [-0.4, -0.2) is 61.2 Å². The van der Waals surface area contributed by atoms with E-state index in [1.165, 1.54) is 32.1 Å². The van der Waals surface area contributed by atoms with Crippen LogP contribution in [0.3, 0.4) is 0 Å². The lowest BCUT2D eigenvalue weighted by Gasteiger charge is -2.36. The number of ether oxygens (including phenoxy) is 2. The summed E-state index contributed by atoms with van der Waals surface area (Å²) in [6.45, 7) is 8.01. The number of β-amino-alcohol motifs (C(OH)–C–C–N with tert-alkyl or cyclic N) is 1. The van der Waals surface area contributed by atoms with Crippen molar-refractivity contribution < 1.29 is 14.6 Å². The van der Waals surface area contributed by atoms with E-state index in [4.69, 9.17) is 9.47 Å². The normalized spacial score (nSPS) is 40.2. The molecule has 2 bridgehead atoms. The molecule has 0 radical (unpaired) electrons. The standard InChI is InChI=1S/C18H33NO3/c1-13-9-19(10-14(2)22-13)11-18(20)12-21-6-5-17-8-15-3-4-16(17)7-15/h13-18,20H,3-12H2,1-2H3/t13-,14-,15-,16-,17-,18+/m1/s1. The van der Waals surface area contributed by atoms with Crippen LogP contribution in [0, 0.1) is 17.8 Å². The third-order valence-electron chi connectivity index (χ3n) is 5.79. The van der Waals surface area contributed by atoms with Gasteiger partial charge in [0.15, 0.2) is 0 Å². The zero-order chi connectivity index (χ0) is 15.5. The van der Waals surface area contributed by atoms with E-state index in [2.05, 4.69) is 18.7 Å². The van der Waals surface area contributed by atoms with Crippen molar-refractivity contribution in [3.8, 4) is 0 Å². The van der Waals surface area contributed by atoms with Crippen LogP contribution in [-0.2, 0) is 9.47 Å². The third-order valence-corrected chi connectivity index (χ3v) is 5.79. The molecule has 1 aliphatic heterocycles. The van der Waals surface area contributed by atoms with Crippen LogP contribution in [0.1, 0.15) is 46.0 Å². The van der Waals surface area contributed by atoms with Crippen molar-refractivity contribution in [3.63, 3.8) is 0 Å². The highest BCUT2D eigenvalue weighted by Crippen LogP contribution is 2.49. The van der Waals surface area contributed by atoms with E-state index >= 15 is 0 Å². The number of rotatable bonds is 7. The lowest BCUT2D eigenvalue weighted by Crippen LogP contribution is -2.48. The first-order valence-electron chi connectivity index (χ1n) is 9.23. The lowest BCUT2D eigenvalue weighted by atomic mass is 9.87. The van der Waals surface area contributed by atoms with Gasteiger partial charge >= 0.3 is 0 Å². The molecular weight excluding hydrogens is 278 g/mol. The zero-order valence-electron chi connectivity index (χ0n) is 14.2. The van der Waals surface area contributed by atoms with Gasteiger partial charge in [-0.25, -0.2) is 0 Å². The number of aliphatic hydroxyl groups is 1. The Bertz CT molecular complexity index is 341. The highest BCUT2D eigenvalue weighted by atomic mass is 16.5. The van der Waals surface area contributed by atoms with Crippen molar-refractivity contribution in [2.75, 3.05) is 32.8 Å². The maximum atomic E-state index is 10.2. The molecule has 3 fully saturated rings. The summed E-state index contributed by atoms with van der Waals surface area (Å²) in [5.41, 5.74) is 0. The Balaban J connectivity index is 1.27. The SMILES string of the molecule is C[C@@H]1CN(C[C@H](O)COCC[C@@H]2C[C@@H]3CC[C@@H]2C3)C[C@@H](C)O1. The smallest absolute Gasteiger partial charge is 0.0900 e. The van der Waals surface area contributed by atoms with Crippen molar-refractivity contribution in [2.24, 2.45) is 17.8 Å². The van der Waals surface area contributed by atoms with Gasteiger partial charge in [0.05, 0.1) is 24.9 Å². The number of aliphatic hydroxyl groups excluding tert-OH is 1. The first kappa shape index (κ1) is 16.7. The molecule has 0 aromatic carbocycles. The fraction of sp³-hybridized carbons (Fsp3) is 1.00. The van der Waals surface area contributed by atoms with Gasteiger partial charge in [-0.15, -0.1) is 0 Å². The molecule has 0 spiro atoms. The molecule has 4 heteroatoms. The molecular formula is C18H33NO3. The molecule has 4 nitrogen and oxygen atoms in total. The molecule has 3 rings (SSSR count). The third kappa shape index (κ3) is 4.44. The molecule has 0 unspecified atom stereocenters. The maximum Gasteiger partial charge on any atom is 0.0900 e. The number of hydrogen-bond acceptors (Lipinski definition) is 4. The quantitative estimate of drug-likeness (QED) is 0.733. The van der Waals surface area contributed by atoms with Crippen molar-refractivity contribution in [3.05, 3.63) is 0 Å². The predicted octanol–water partition coefficient (Wildman–Crippen LogP) is 2.30. The minimum Gasteiger partial charge on any atom is -0.389 e. The van der Waals surface area contributed by atoms with Gasteiger partial charge in [0.2, 0.25) is 0 Å². The summed E-state index contributed by atoms with van der Waals surface area (Å²) in [5, 5.41) is 10.2. The van der Waals surface area contributed by atoms with Crippen LogP contribution < -0.4 is 0 Å². The molecule has 0 aromatic heterocycles. The van der Waals surface area contributed by atoms with E-state index in [0.717, 1.165) is 37.5 Å². The monoisotopic (exact) mass is 311 g/mol. The van der Waals surface area contributed by atoms with Crippen molar-refractivity contribution in [1.29, 1.82) is 0 Å². The van der Waals surface area contributed by atoms with Crippen LogP contribution >= 0.6 is 0 Å². The first-order valence-corrected chi connectivity index (χ1v) is 9.23. The van der Waals surface area contributed by atoms with Gasteiger partial charge in [-0.2, -0.15) is 0 Å². The molecule has 128 valence electrons. The summed E-state index contributed by atoms with van der Waals surface area (Å²) in [7, 11) is 0. The highest BCUT2D eigenvalue weighted by molar-refractivity contribution is 4.89. The first-order chi connectivity index (χ1) is 10.6. The second-order valence-electron chi connectivity index (χ2n) is 7.93. The van der Waals surface area contributed by atoms with Gasteiger partial charge in [0.1, 0.15) is 0 Å². The Morgan fingerprint density at radius 3 is 2.59 bits per heavy atom. The largest absolute Gasteiger partial charge is 0.389 e.